The number of methoxy groups -OCH3 is 2. The highest BCUT2D eigenvalue weighted by Crippen LogP contribution is 2.39. The van der Waals surface area contributed by atoms with Crippen molar-refractivity contribution in [1.29, 1.82) is 0 Å². The van der Waals surface area contributed by atoms with Crippen LogP contribution in [0.25, 0.3) is 0 Å². The van der Waals surface area contributed by atoms with E-state index in [9.17, 15) is 14.4 Å². The van der Waals surface area contributed by atoms with Gasteiger partial charge in [0.1, 0.15) is 5.00 Å². The largest absolute Gasteiger partial charge is 0.493 e. The van der Waals surface area contributed by atoms with Gasteiger partial charge in [0, 0.05) is 30.8 Å². The zero-order chi connectivity index (χ0) is 20.4. The van der Waals surface area contributed by atoms with E-state index >= 15 is 0 Å². The molecule has 7 nitrogen and oxygen atoms in total. The first-order valence-electron chi connectivity index (χ1n) is 8.80. The van der Waals surface area contributed by atoms with E-state index in [1.807, 2.05) is 0 Å². The van der Waals surface area contributed by atoms with E-state index in [4.69, 9.17) is 9.47 Å². The molecule has 0 radical (unpaired) electrons. The average molecular weight is 402 g/mol. The number of nitrogens with one attached hydrogen (secondary N) is 1. The van der Waals surface area contributed by atoms with Crippen LogP contribution < -0.4 is 14.8 Å². The van der Waals surface area contributed by atoms with Crippen LogP contribution in [-0.2, 0) is 22.6 Å². The number of ether oxygens (including phenoxy) is 2. The monoisotopic (exact) mass is 402 g/mol. The third-order valence-corrected chi connectivity index (χ3v) is 5.80. The van der Waals surface area contributed by atoms with E-state index in [0.29, 0.717) is 47.1 Å². The first-order chi connectivity index (χ1) is 13.3. The molecule has 1 aliphatic rings. The Morgan fingerprint density at radius 3 is 2.43 bits per heavy atom. The molecule has 0 saturated carbocycles. The second kappa shape index (κ2) is 8.02. The highest BCUT2D eigenvalue weighted by atomic mass is 32.1. The number of nitrogens with zero attached hydrogens (tertiary/aromatic N) is 1. The Morgan fingerprint density at radius 2 is 1.82 bits per heavy atom. The number of anilines is 1. The van der Waals surface area contributed by atoms with Gasteiger partial charge in [0.2, 0.25) is 11.8 Å². The fourth-order valence-corrected chi connectivity index (χ4v) is 4.59. The Hall–Kier alpha value is -2.87. The highest BCUT2D eigenvalue weighted by molar-refractivity contribution is 7.17. The summed E-state index contributed by atoms with van der Waals surface area (Å²) < 4.78 is 10.5. The van der Waals surface area contributed by atoms with Crippen LogP contribution in [0, 0.1) is 0 Å². The van der Waals surface area contributed by atoms with Crippen molar-refractivity contribution in [2.45, 2.75) is 26.8 Å². The summed E-state index contributed by atoms with van der Waals surface area (Å²) in [5, 5.41) is 3.29. The Labute approximate surface area is 167 Å². The molecule has 2 heterocycles. The molecule has 0 saturated heterocycles. The third-order valence-electron chi connectivity index (χ3n) is 4.66. The van der Waals surface area contributed by atoms with Crippen molar-refractivity contribution in [1.82, 2.24) is 4.90 Å². The number of carbonyl (C=O) groups is 3. The lowest BCUT2D eigenvalue weighted by atomic mass is 9.96. The van der Waals surface area contributed by atoms with Gasteiger partial charge in [-0.3, -0.25) is 14.4 Å². The number of ketones is 1. The Balaban J connectivity index is 2.06. The van der Waals surface area contributed by atoms with Crippen LogP contribution in [0.2, 0.25) is 0 Å². The van der Waals surface area contributed by atoms with Crippen LogP contribution in [0.4, 0.5) is 5.00 Å². The summed E-state index contributed by atoms with van der Waals surface area (Å²) in [7, 11) is 3.04. The Kier molecular flexibility index (Phi) is 5.69. The predicted molar refractivity (Wildman–Crippen MR) is 106 cm³/mol. The smallest absolute Gasteiger partial charge is 0.221 e. The molecule has 0 fully saturated rings. The summed E-state index contributed by atoms with van der Waals surface area (Å²) in [6, 6.07) is 4.99. The van der Waals surface area contributed by atoms with Gasteiger partial charge in [-0.15, -0.1) is 11.3 Å². The fraction of sp³-hybridized carbons (Fsp3) is 0.350. The van der Waals surface area contributed by atoms with E-state index in [-0.39, 0.29) is 17.6 Å². The molecule has 2 aromatic rings. The van der Waals surface area contributed by atoms with Gasteiger partial charge >= 0.3 is 0 Å². The fourth-order valence-electron chi connectivity index (χ4n) is 3.28. The average Bonchev–Trinajstić information content (AvgIpc) is 3.02. The molecule has 0 unspecified atom stereocenters. The van der Waals surface area contributed by atoms with Crippen LogP contribution in [0.15, 0.2) is 18.2 Å². The topological polar surface area (TPSA) is 84.9 Å². The van der Waals surface area contributed by atoms with Gasteiger partial charge in [-0.1, -0.05) is 0 Å². The molecular weight excluding hydrogens is 380 g/mol. The summed E-state index contributed by atoms with van der Waals surface area (Å²) in [5.41, 5.74) is 1.83. The Bertz CT molecular complexity index is 950. The molecule has 0 spiro atoms. The maximum absolute atomic E-state index is 13.3. The number of fused-ring (bicyclic) bond motifs is 1. The summed E-state index contributed by atoms with van der Waals surface area (Å²) in [6.45, 7) is 3.93. The van der Waals surface area contributed by atoms with E-state index < -0.39 is 0 Å². The second-order valence-electron chi connectivity index (χ2n) is 6.48. The van der Waals surface area contributed by atoms with Gasteiger partial charge in [-0.2, -0.15) is 0 Å². The normalized spacial score (nSPS) is 12.9. The van der Waals surface area contributed by atoms with Crippen molar-refractivity contribution in [2.75, 3.05) is 26.1 Å². The van der Waals surface area contributed by atoms with Crippen LogP contribution in [0.5, 0.6) is 11.5 Å². The van der Waals surface area contributed by atoms with Crippen LogP contribution in [0.3, 0.4) is 0 Å². The van der Waals surface area contributed by atoms with Crippen molar-refractivity contribution in [3.05, 3.63) is 39.8 Å². The quantitative estimate of drug-likeness (QED) is 0.778. The first kappa shape index (κ1) is 19.9. The van der Waals surface area contributed by atoms with Gasteiger partial charge in [0.15, 0.2) is 17.3 Å². The van der Waals surface area contributed by atoms with Gasteiger partial charge in [-0.05, 0) is 30.2 Å². The molecule has 3 rings (SSSR count). The first-order valence-corrected chi connectivity index (χ1v) is 9.61. The zero-order valence-electron chi connectivity index (χ0n) is 16.3. The second-order valence-corrected chi connectivity index (χ2v) is 7.58. The van der Waals surface area contributed by atoms with Gasteiger partial charge in [0.25, 0.3) is 0 Å². The van der Waals surface area contributed by atoms with Gasteiger partial charge in [0.05, 0.1) is 26.3 Å². The van der Waals surface area contributed by atoms with Crippen LogP contribution >= 0.6 is 11.3 Å². The molecule has 0 bridgehead atoms. The third kappa shape index (κ3) is 3.73. The number of thiophene rings is 1. The Morgan fingerprint density at radius 1 is 1.11 bits per heavy atom. The summed E-state index contributed by atoms with van der Waals surface area (Å²) in [5.74, 6) is 0.543. The number of carbonyl (C=O) groups excluding carboxylic acids is 3. The van der Waals surface area contributed by atoms with E-state index in [1.165, 1.54) is 39.4 Å². The van der Waals surface area contributed by atoms with Crippen molar-refractivity contribution < 1.29 is 23.9 Å². The number of hydrogen-bond donors (Lipinski definition) is 1. The van der Waals surface area contributed by atoms with Crippen molar-refractivity contribution in [2.24, 2.45) is 0 Å². The van der Waals surface area contributed by atoms with Gasteiger partial charge in [-0.25, -0.2) is 0 Å². The van der Waals surface area contributed by atoms with Crippen molar-refractivity contribution in [3.8, 4) is 11.5 Å². The molecule has 2 amide bonds. The van der Waals surface area contributed by atoms with Crippen molar-refractivity contribution in [3.63, 3.8) is 0 Å². The molecule has 28 heavy (non-hydrogen) atoms. The summed E-state index contributed by atoms with van der Waals surface area (Å²) in [4.78, 5) is 39.4. The predicted octanol–water partition coefficient (Wildman–Crippen LogP) is 2.86. The standard InChI is InChI=1S/C20H22N2O5S/c1-11(23)21-20-18(14-7-8-22(12(2)24)10-17(14)28-20)19(25)13-5-6-15(26-3)16(9-13)27-4/h5-6,9H,7-8,10H2,1-4H3,(H,21,23). The van der Waals surface area contributed by atoms with E-state index in [1.54, 1.807) is 23.1 Å². The molecule has 8 heteroatoms. The molecule has 0 atom stereocenters. The minimum Gasteiger partial charge on any atom is -0.493 e. The molecule has 1 N–H and O–H groups in total. The lowest BCUT2D eigenvalue weighted by Crippen LogP contribution is -2.33. The van der Waals surface area contributed by atoms with Crippen molar-refractivity contribution >= 4 is 33.9 Å². The maximum atomic E-state index is 13.3. The number of rotatable bonds is 5. The number of amides is 2. The number of hydrogen-bond acceptors (Lipinski definition) is 6. The van der Waals surface area contributed by atoms with E-state index in [2.05, 4.69) is 5.32 Å². The maximum Gasteiger partial charge on any atom is 0.221 e. The molecule has 148 valence electrons. The molecule has 1 aliphatic heterocycles. The summed E-state index contributed by atoms with van der Waals surface area (Å²) >= 11 is 1.35. The van der Waals surface area contributed by atoms with Crippen LogP contribution in [-0.4, -0.2) is 43.3 Å². The highest BCUT2D eigenvalue weighted by Gasteiger charge is 2.30. The molecular formula is C20H22N2O5S. The SMILES string of the molecule is COc1ccc(C(=O)c2c(NC(C)=O)sc3c2CCN(C(C)=O)C3)cc1OC. The van der Waals surface area contributed by atoms with Crippen LogP contribution in [0.1, 0.15) is 40.2 Å². The van der Waals surface area contributed by atoms with Gasteiger partial charge < -0.3 is 19.7 Å². The molecule has 1 aromatic carbocycles. The minimum atomic E-state index is -0.247. The molecule has 1 aromatic heterocycles. The summed E-state index contributed by atoms with van der Waals surface area (Å²) in [6.07, 6.45) is 0.569. The zero-order valence-corrected chi connectivity index (χ0v) is 17.1. The lowest BCUT2D eigenvalue weighted by molar-refractivity contribution is -0.129. The van der Waals surface area contributed by atoms with E-state index in [0.717, 1.165) is 10.4 Å². The number of benzene rings is 1. The minimum absolute atomic E-state index is 0.00658. The molecule has 0 aliphatic carbocycles. The lowest BCUT2D eigenvalue weighted by Gasteiger charge is -2.26.